The van der Waals surface area contributed by atoms with Gasteiger partial charge in [0.05, 0.1) is 0 Å². The Balaban J connectivity index is 2.43. The molecule has 1 saturated carbocycles. The molecule has 0 saturated heterocycles. The molecule has 22 heavy (non-hydrogen) atoms. The van der Waals surface area contributed by atoms with E-state index < -0.39 is 17.4 Å². The minimum Gasteiger partial charge on any atom is -0.480 e. The number of aliphatic carboxylic acids is 1. The molecule has 0 spiro atoms. The van der Waals surface area contributed by atoms with E-state index in [0.29, 0.717) is 6.42 Å². The summed E-state index contributed by atoms with van der Waals surface area (Å²) < 4.78 is 0. The summed E-state index contributed by atoms with van der Waals surface area (Å²) in [7, 11) is 0. The van der Waals surface area contributed by atoms with Gasteiger partial charge in [-0.1, -0.05) is 47.0 Å². The number of hydrogen-bond donors (Lipinski definition) is 2. The van der Waals surface area contributed by atoms with Crippen LogP contribution in [0.15, 0.2) is 0 Å². The van der Waals surface area contributed by atoms with E-state index in [9.17, 15) is 9.59 Å². The molecule has 0 heterocycles. The Hall–Kier alpha value is -1.06. The van der Waals surface area contributed by atoms with Gasteiger partial charge in [-0.2, -0.15) is 0 Å². The third kappa shape index (κ3) is 5.62. The number of carboxylic acid groups (broad SMARTS) is 1. The molecular weight excluding hydrogens is 278 g/mol. The molecule has 1 fully saturated rings. The number of amides is 1. The molecule has 4 nitrogen and oxygen atoms in total. The molecule has 1 aliphatic carbocycles. The van der Waals surface area contributed by atoms with E-state index >= 15 is 0 Å². The standard InChI is InChI=1S/C18H33NO3/c1-5-15(16(20)21)19-17(22)18(4)11-9-14(10-12-18)8-6-7-13(2)3/h13-15H,5-12H2,1-4H3,(H,19,22)(H,20,21). The summed E-state index contributed by atoms with van der Waals surface area (Å²) in [4.78, 5) is 23.5. The molecule has 1 amide bonds. The first kappa shape index (κ1) is 19.0. The first-order chi connectivity index (χ1) is 10.3. The van der Waals surface area contributed by atoms with Crippen LogP contribution in [0.5, 0.6) is 0 Å². The first-order valence-electron chi connectivity index (χ1n) is 8.82. The van der Waals surface area contributed by atoms with Crippen LogP contribution in [0.2, 0.25) is 0 Å². The molecule has 1 atom stereocenters. The van der Waals surface area contributed by atoms with Gasteiger partial charge in [-0.25, -0.2) is 4.79 Å². The van der Waals surface area contributed by atoms with Gasteiger partial charge in [0.1, 0.15) is 6.04 Å². The Morgan fingerprint density at radius 1 is 1.27 bits per heavy atom. The van der Waals surface area contributed by atoms with E-state index in [1.54, 1.807) is 6.92 Å². The van der Waals surface area contributed by atoms with Crippen LogP contribution in [0.1, 0.15) is 79.1 Å². The predicted molar refractivity (Wildman–Crippen MR) is 88.6 cm³/mol. The second kappa shape index (κ2) is 8.54. The van der Waals surface area contributed by atoms with Gasteiger partial charge in [-0.15, -0.1) is 0 Å². The van der Waals surface area contributed by atoms with Crippen LogP contribution >= 0.6 is 0 Å². The maximum absolute atomic E-state index is 12.4. The van der Waals surface area contributed by atoms with E-state index in [1.807, 2.05) is 6.92 Å². The molecule has 1 aliphatic rings. The number of rotatable bonds is 8. The quantitative estimate of drug-likeness (QED) is 0.712. The summed E-state index contributed by atoms with van der Waals surface area (Å²) in [6.07, 6.45) is 8.19. The molecule has 0 aromatic heterocycles. The lowest BCUT2D eigenvalue weighted by Crippen LogP contribution is -2.48. The van der Waals surface area contributed by atoms with Gasteiger partial charge in [0.15, 0.2) is 0 Å². The summed E-state index contributed by atoms with van der Waals surface area (Å²) in [6, 6.07) is -0.756. The molecular formula is C18H33NO3. The Bertz CT molecular complexity index is 371. The molecule has 1 rings (SSSR count). The van der Waals surface area contributed by atoms with Crippen molar-refractivity contribution in [3.8, 4) is 0 Å². The summed E-state index contributed by atoms with van der Waals surface area (Å²) in [5.41, 5.74) is -0.391. The monoisotopic (exact) mass is 311 g/mol. The van der Waals surface area contributed by atoms with Crippen LogP contribution in [0.3, 0.4) is 0 Å². The highest BCUT2D eigenvalue weighted by molar-refractivity contribution is 5.87. The van der Waals surface area contributed by atoms with E-state index in [2.05, 4.69) is 19.2 Å². The predicted octanol–water partition coefficient (Wildman–Crippen LogP) is 3.99. The van der Waals surface area contributed by atoms with Crippen LogP contribution in [0.25, 0.3) is 0 Å². The molecule has 1 unspecified atom stereocenters. The van der Waals surface area contributed by atoms with Crippen LogP contribution in [-0.2, 0) is 9.59 Å². The second-order valence-corrected chi connectivity index (χ2v) is 7.60. The fourth-order valence-electron chi connectivity index (χ4n) is 3.32. The van der Waals surface area contributed by atoms with Gasteiger partial charge in [0.2, 0.25) is 5.91 Å². The summed E-state index contributed by atoms with van der Waals surface area (Å²) in [5, 5.41) is 11.8. The van der Waals surface area contributed by atoms with Gasteiger partial charge >= 0.3 is 5.97 Å². The summed E-state index contributed by atoms with van der Waals surface area (Å²) >= 11 is 0. The summed E-state index contributed by atoms with van der Waals surface area (Å²) in [5.74, 6) is 0.479. The lowest BCUT2D eigenvalue weighted by atomic mass is 9.70. The molecule has 4 heteroatoms. The third-order valence-corrected chi connectivity index (χ3v) is 5.16. The number of hydrogen-bond acceptors (Lipinski definition) is 2. The average molecular weight is 311 g/mol. The average Bonchev–Trinajstić information content (AvgIpc) is 2.46. The molecule has 0 bridgehead atoms. The van der Waals surface area contributed by atoms with Crippen LogP contribution in [0, 0.1) is 17.3 Å². The molecule has 128 valence electrons. The van der Waals surface area contributed by atoms with Crippen LogP contribution in [0.4, 0.5) is 0 Å². The van der Waals surface area contributed by atoms with Gasteiger partial charge < -0.3 is 10.4 Å². The zero-order valence-electron chi connectivity index (χ0n) is 14.7. The zero-order valence-corrected chi connectivity index (χ0v) is 14.7. The van der Waals surface area contributed by atoms with Gasteiger partial charge in [-0.05, 0) is 43.9 Å². The largest absolute Gasteiger partial charge is 0.480 e. The van der Waals surface area contributed by atoms with Crippen molar-refractivity contribution in [2.24, 2.45) is 17.3 Å². The number of carboxylic acids is 1. The fourth-order valence-corrected chi connectivity index (χ4v) is 3.32. The van der Waals surface area contributed by atoms with Crippen molar-refractivity contribution in [1.29, 1.82) is 0 Å². The normalized spacial score (nSPS) is 26.7. The SMILES string of the molecule is CCC(NC(=O)C1(C)CCC(CCCC(C)C)CC1)C(=O)O. The van der Waals surface area contributed by atoms with Crippen molar-refractivity contribution in [1.82, 2.24) is 5.32 Å². The lowest BCUT2D eigenvalue weighted by Gasteiger charge is -2.36. The fraction of sp³-hybridized carbons (Fsp3) is 0.889. The van der Waals surface area contributed by atoms with Crippen molar-refractivity contribution < 1.29 is 14.7 Å². The van der Waals surface area contributed by atoms with Gasteiger partial charge in [0, 0.05) is 5.41 Å². The minimum atomic E-state index is -0.943. The van der Waals surface area contributed by atoms with E-state index in [4.69, 9.17) is 5.11 Å². The molecule has 0 aromatic rings. The third-order valence-electron chi connectivity index (χ3n) is 5.16. The van der Waals surface area contributed by atoms with E-state index in [0.717, 1.165) is 37.5 Å². The Morgan fingerprint density at radius 2 is 1.86 bits per heavy atom. The van der Waals surface area contributed by atoms with E-state index in [-0.39, 0.29) is 5.91 Å². The number of carbonyl (C=O) groups excluding carboxylic acids is 1. The molecule has 2 N–H and O–H groups in total. The maximum Gasteiger partial charge on any atom is 0.326 e. The van der Waals surface area contributed by atoms with Crippen molar-refractivity contribution in [3.05, 3.63) is 0 Å². The van der Waals surface area contributed by atoms with Crippen molar-refractivity contribution in [2.45, 2.75) is 85.1 Å². The van der Waals surface area contributed by atoms with E-state index in [1.165, 1.54) is 19.3 Å². The highest BCUT2D eigenvalue weighted by Crippen LogP contribution is 2.40. The van der Waals surface area contributed by atoms with Crippen LogP contribution < -0.4 is 5.32 Å². The Labute approximate surface area is 135 Å². The van der Waals surface area contributed by atoms with Gasteiger partial charge in [0.25, 0.3) is 0 Å². The first-order valence-corrected chi connectivity index (χ1v) is 8.82. The Kier molecular flexibility index (Phi) is 7.37. The lowest BCUT2D eigenvalue weighted by molar-refractivity contribution is -0.144. The number of nitrogens with one attached hydrogen (secondary N) is 1. The smallest absolute Gasteiger partial charge is 0.326 e. The molecule has 0 aliphatic heterocycles. The highest BCUT2D eigenvalue weighted by Gasteiger charge is 2.38. The molecule has 0 aromatic carbocycles. The van der Waals surface area contributed by atoms with Crippen molar-refractivity contribution in [2.75, 3.05) is 0 Å². The van der Waals surface area contributed by atoms with Crippen LogP contribution in [-0.4, -0.2) is 23.0 Å². The zero-order chi connectivity index (χ0) is 16.8. The second-order valence-electron chi connectivity index (χ2n) is 7.60. The maximum atomic E-state index is 12.4. The van der Waals surface area contributed by atoms with Crippen molar-refractivity contribution in [3.63, 3.8) is 0 Å². The minimum absolute atomic E-state index is 0.0811. The Morgan fingerprint density at radius 3 is 2.32 bits per heavy atom. The highest BCUT2D eigenvalue weighted by atomic mass is 16.4. The van der Waals surface area contributed by atoms with Gasteiger partial charge in [-0.3, -0.25) is 4.79 Å². The number of carbonyl (C=O) groups is 2. The molecule has 0 radical (unpaired) electrons. The summed E-state index contributed by atoms with van der Waals surface area (Å²) in [6.45, 7) is 8.29. The van der Waals surface area contributed by atoms with Crippen molar-refractivity contribution >= 4 is 11.9 Å². The topological polar surface area (TPSA) is 66.4 Å².